The number of nitrogens with zero attached hydrogens (tertiary/aromatic N) is 1. The smallest absolute Gasteiger partial charge is 0.259 e. The Morgan fingerprint density at radius 2 is 2.03 bits per heavy atom. The van der Waals surface area contributed by atoms with Crippen LogP contribution in [0.15, 0.2) is 65.3 Å². The average Bonchev–Trinajstić information content (AvgIpc) is 3.33. The Morgan fingerprint density at radius 3 is 2.90 bits per heavy atom. The van der Waals surface area contributed by atoms with E-state index >= 15 is 0 Å². The highest BCUT2D eigenvalue weighted by Crippen LogP contribution is 2.33. The van der Waals surface area contributed by atoms with Crippen LogP contribution in [0.25, 0.3) is 0 Å². The fourth-order valence-corrected chi connectivity index (χ4v) is 3.80. The minimum Gasteiger partial charge on any atom is -0.491 e. The molecular weight excluding hydrogens is 380 g/mol. The maximum absolute atomic E-state index is 12.9. The van der Waals surface area contributed by atoms with Gasteiger partial charge in [-0.05, 0) is 43.2 Å². The van der Waals surface area contributed by atoms with Crippen molar-refractivity contribution in [1.82, 2.24) is 0 Å². The lowest BCUT2D eigenvalue weighted by Gasteiger charge is -2.24. The van der Waals surface area contributed by atoms with Gasteiger partial charge in [-0.25, -0.2) is 0 Å². The van der Waals surface area contributed by atoms with E-state index in [0.29, 0.717) is 48.6 Å². The maximum Gasteiger partial charge on any atom is 0.259 e. The van der Waals surface area contributed by atoms with Crippen molar-refractivity contribution < 1.29 is 18.7 Å². The van der Waals surface area contributed by atoms with Gasteiger partial charge in [0.1, 0.15) is 18.1 Å². The summed E-state index contributed by atoms with van der Waals surface area (Å²) in [5.41, 5.74) is 3.74. The average molecular weight is 406 g/mol. The van der Waals surface area contributed by atoms with Crippen molar-refractivity contribution in [3.8, 4) is 5.75 Å². The van der Waals surface area contributed by atoms with Crippen LogP contribution in [0.2, 0.25) is 0 Å². The number of hydrogen-bond acceptors (Lipinski definition) is 5. The largest absolute Gasteiger partial charge is 0.491 e. The van der Waals surface area contributed by atoms with Gasteiger partial charge in [-0.3, -0.25) is 4.79 Å². The molecule has 1 aliphatic heterocycles. The zero-order valence-corrected chi connectivity index (χ0v) is 17.3. The Hall–Kier alpha value is -3.25. The first-order valence-corrected chi connectivity index (χ1v) is 10.1. The van der Waals surface area contributed by atoms with Gasteiger partial charge in [-0.15, -0.1) is 0 Å². The highest BCUT2D eigenvalue weighted by Gasteiger charge is 2.28. The van der Waals surface area contributed by atoms with Crippen molar-refractivity contribution in [1.29, 1.82) is 0 Å². The standard InChI is InChI=1S/C24H26N2O4/c1-17-14-18-6-3-4-9-22(18)26(17)16-23-21(10-11-30-23)24(27)25-19-7-5-8-20(15-19)29-13-12-28-2/h3-11,15,17H,12-14,16H2,1-2H3,(H,25,27). The number of methoxy groups -OCH3 is 1. The van der Waals surface area contributed by atoms with Gasteiger partial charge in [0.05, 0.1) is 25.0 Å². The summed E-state index contributed by atoms with van der Waals surface area (Å²) in [6.07, 6.45) is 2.56. The first kappa shape index (κ1) is 20.0. The van der Waals surface area contributed by atoms with Gasteiger partial charge < -0.3 is 24.1 Å². The number of para-hydroxylation sites is 1. The third kappa shape index (κ3) is 4.33. The molecule has 0 bridgehead atoms. The number of amides is 1. The molecule has 6 heteroatoms. The molecule has 1 aromatic heterocycles. The van der Waals surface area contributed by atoms with E-state index in [1.165, 1.54) is 11.3 Å². The van der Waals surface area contributed by atoms with Crippen LogP contribution < -0.4 is 15.0 Å². The summed E-state index contributed by atoms with van der Waals surface area (Å²) in [4.78, 5) is 15.2. The monoisotopic (exact) mass is 406 g/mol. The Kier molecular flexibility index (Phi) is 6.05. The first-order valence-electron chi connectivity index (χ1n) is 10.1. The van der Waals surface area contributed by atoms with Gasteiger partial charge in [-0.1, -0.05) is 24.3 Å². The van der Waals surface area contributed by atoms with E-state index in [0.717, 1.165) is 6.42 Å². The zero-order valence-electron chi connectivity index (χ0n) is 17.3. The summed E-state index contributed by atoms with van der Waals surface area (Å²) in [6, 6.07) is 17.8. The molecule has 156 valence electrons. The highest BCUT2D eigenvalue weighted by atomic mass is 16.5. The molecule has 30 heavy (non-hydrogen) atoms. The number of rotatable bonds is 8. The molecule has 0 aliphatic carbocycles. The number of benzene rings is 2. The summed E-state index contributed by atoms with van der Waals surface area (Å²) in [5, 5.41) is 2.94. The summed E-state index contributed by atoms with van der Waals surface area (Å²) in [7, 11) is 1.63. The van der Waals surface area contributed by atoms with Crippen LogP contribution in [0.4, 0.5) is 11.4 Å². The van der Waals surface area contributed by atoms with E-state index in [9.17, 15) is 4.79 Å². The lowest BCUT2D eigenvalue weighted by atomic mass is 10.1. The van der Waals surface area contributed by atoms with Crippen LogP contribution in [0.3, 0.4) is 0 Å². The third-order valence-corrected chi connectivity index (χ3v) is 5.30. The normalized spacial score (nSPS) is 15.1. The van der Waals surface area contributed by atoms with Gasteiger partial charge in [0.15, 0.2) is 0 Å². The molecule has 2 aromatic carbocycles. The lowest BCUT2D eigenvalue weighted by molar-refractivity contribution is 0.102. The van der Waals surface area contributed by atoms with E-state index < -0.39 is 0 Å². The van der Waals surface area contributed by atoms with Crippen molar-refractivity contribution >= 4 is 17.3 Å². The molecule has 1 N–H and O–H groups in total. The van der Waals surface area contributed by atoms with Crippen molar-refractivity contribution in [2.75, 3.05) is 30.5 Å². The number of ether oxygens (including phenoxy) is 2. The number of carbonyl (C=O) groups is 1. The quantitative estimate of drug-likeness (QED) is 0.558. The van der Waals surface area contributed by atoms with Crippen molar-refractivity contribution in [2.24, 2.45) is 0 Å². The third-order valence-electron chi connectivity index (χ3n) is 5.30. The van der Waals surface area contributed by atoms with E-state index in [-0.39, 0.29) is 5.91 Å². The van der Waals surface area contributed by atoms with E-state index in [4.69, 9.17) is 13.9 Å². The van der Waals surface area contributed by atoms with Gasteiger partial charge in [0.2, 0.25) is 0 Å². The number of fused-ring (bicyclic) bond motifs is 1. The number of hydrogen-bond donors (Lipinski definition) is 1. The predicted octanol–water partition coefficient (Wildman–Crippen LogP) is 4.51. The molecule has 0 spiro atoms. The Morgan fingerprint density at radius 1 is 1.17 bits per heavy atom. The number of furan rings is 1. The van der Waals surface area contributed by atoms with Crippen LogP contribution in [0.1, 0.15) is 28.6 Å². The summed E-state index contributed by atoms with van der Waals surface area (Å²) < 4.78 is 16.3. The van der Waals surface area contributed by atoms with E-state index in [1.54, 1.807) is 25.5 Å². The minimum absolute atomic E-state index is 0.201. The van der Waals surface area contributed by atoms with Crippen LogP contribution in [0.5, 0.6) is 5.75 Å². The van der Waals surface area contributed by atoms with Crippen LogP contribution in [0, 0.1) is 0 Å². The molecule has 6 nitrogen and oxygen atoms in total. The molecule has 1 aliphatic rings. The topological polar surface area (TPSA) is 63.9 Å². The van der Waals surface area contributed by atoms with E-state index in [1.807, 2.05) is 24.3 Å². The maximum atomic E-state index is 12.9. The first-order chi connectivity index (χ1) is 14.7. The SMILES string of the molecule is COCCOc1cccc(NC(=O)c2ccoc2CN2c3ccccc3CC2C)c1. The molecule has 0 fully saturated rings. The highest BCUT2D eigenvalue weighted by molar-refractivity contribution is 6.05. The number of nitrogens with one attached hydrogen (secondary N) is 1. The molecule has 0 saturated carbocycles. The molecule has 0 radical (unpaired) electrons. The molecule has 1 amide bonds. The van der Waals surface area contributed by atoms with Gasteiger partial charge >= 0.3 is 0 Å². The predicted molar refractivity (Wildman–Crippen MR) is 116 cm³/mol. The number of anilines is 2. The van der Waals surface area contributed by atoms with Crippen molar-refractivity contribution in [2.45, 2.75) is 25.9 Å². The fourth-order valence-electron chi connectivity index (χ4n) is 3.80. The molecule has 4 rings (SSSR count). The summed E-state index contributed by atoms with van der Waals surface area (Å²) in [6.45, 7) is 3.70. The van der Waals surface area contributed by atoms with Gasteiger partial charge in [0, 0.05) is 30.6 Å². The molecule has 3 aromatic rings. The van der Waals surface area contributed by atoms with Crippen molar-refractivity contribution in [3.63, 3.8) is 0 Å². The molecule has 1 unspecified atom stereocenters. The van der Waals surface area contributed by atoms with E-state index in [2.05, 4.69) is 35.3 Å². The minimum atomic E-state index is -0.201. The zero-order chi connectivity index (χ0) is 20.9. The Labute approximate surface area is 176 Å². The molecular formula is C24H26N2O4. The second kappa shape index (κ2) is 9.05. The van der Waals surface area contributed by atoms with Crippen LogP contribution in [-0.2, 0) is 17.7 Å². The summed E-state index contributed by atoms with van der Waals surface area (Å²) >= 11 is 0. The second-order valence-electron chi connectivity index (χ2n) is 7.39. The second-order valence-corrected chi connectivity index (χ2v) is 7.39. The fraction of sp³-hybridized carbons (Fsp3) is 0.292. The van der Waals surface area contributed by atoms with Gasteiger partial charge in [0.25, 0.3) is 5.91 Å². The van der Waals surface area contributed by atoms with Crippen LogP contribution >= 0.6 is 0 Å². The number of carbonyl (C=O) groups excluding carboxylic acids is 1. The Bertz CT molecular complexity index is 1010. The van der Waals surface area contributed by atoms with Gasteiger partial charge in [-0.2, -0.15) is 0 Å². The summed E-state index contributed by atoms with van der Waals surface area (Å²) in [5.74, 6) is 1.14. The lowest BCUT2D eigenvalue weighted by Crippen LogP contribution is -2.29. The van der Waals surface area contributed by atoms with Crippen LogP contribution in [-0.4, -0.2) is 32.3 Å². The molecule has 2 heterocycles. The molecule has 1 atom stereocenters. The van der Waals surface area contributed by atoms with Crippen molar-refractivity contribution in [3.05, 3.63) is 77.7 Å². The Balaban J connectivity index is 1.46. The molecule has 0 saturated heterocycles.